The fraction of sp³-hybridized carbons (Fsp3) is 0.909. The standard InChI is InChI=1S/C11H23NO4S/c1-4-5-11(8-12,10(13)14)6-7-17(15,16)9(2)3/h9H,4-8,12H2,1-3H3,(H,13,14). The van der Waals surface area contributed by atoms with Gasteiger partial charge in [0.2, 0.25) is 0 Å². The van der Waals surface area contributed by atoms with Gasteiger partial charge >= 0.3 is 5.97 Å². The molecule has 0 spiro atoms. The number of hydrogen-bond acceptors (Lipinski definition) is 4. The summed E-state index contributed by atoms with van der Waals surface area (Å²) < 4.78 is 23.4. The highest BCUT2D eigenvalue weighted by atomic mass is 32.2. The highest BCUT2D eigenvalue weighted by Gasteiger charge is 2.37. The van der Waals surface area contributed by atoms with Gasteiger partial charge in [0.15, 0.2) is 9.84 Å². The fourth-order valence-corrected chi connectivity index (χ4v) is 2.83. The van der Waals surface area contributed by atoms with E-state index in [0.717, 1.165) is 0 Å². The molecule has 6 heteroatoms. The van der Waals surface area contributed by atoms with E-state index in [4.69, 9.17) is 5.73 Å². The second-order valence-electron chi connectivity index (χ2n) is 4.71. The van der Waals surface area contributed by atoms with E-state index >= 15 is 0 Å². The second kappa shape index (κ2) is 6.35. The van der Waals surface area contributed by atoms with Crippen LogP contribution >= 0.6 is 0 Å². The van der Waals surface area contributed by atoms with Gasteiger partial charge in [0.05, 0.1) is 16.4 Å². The monoisotopic (exact) mass is 265 g/mol. The highest BCUT2D eigenvalue weighted by molar-refractivity contribution is 7.91. The van der Waals surface area contributed by atoms with E-state index in [-0.39, 0.29) is 18.7 Å². The van der Waals surface area contributed by atoms with Crippen LogP contribution in [0.25, 0.3) is 0 Å². The lowest BCUT2D eigenvalue weighted by atomic mass is 9.81. The molecule has 0 fully saturated rings. The molecule has 0 saturated heterocycles. The van der Waals surface area contributed by atoms with E-state index in [1.807, 2.05) is 6.92 Å². The molecule has 102 valence electrons. The molecule has 0 bridgehead atoms. The van der Waals surface area contributed by atoms with Crippen LogP contribution in [0.4, 0.5) is 0 Å². The molecule has 0 aliphatic rings. The third-order valence-corrected chi connectivity index (χ3v) is 5.37. The van der Waals surface area contributed by atoms with Crippen LogP contribution in [0.1, 0.15) is 40.0 Å². The van der Waals surface area contributed by atoms with E-state index in [9.17, 15) is 18.3 Å². The zero-order chi connectivity index (χ0) is 13.7. The van der Waals surface area contributed by atoms with Crippen molar-refractivity contribution in [2.75, 3.05) is 12.3 Å². The molecule has 0 heterocycles. The number of rotatable bonds is 8. The minimum atomic E-state index is -3.21. The van der Waals surface area contributed by atoms with Gasteiger partial charge < -0.3 is 10.8 Å². The summed E-state index contributed by atoms with van der Waals surface area (Å²) in [7, 11) is -3.21. The number of nitrogens with two attached hydrogens (primary N) is 1. The van der Waals surface area contributed by atoms with Crippen LogP contribution in [-0.4, -0.2) is 37.0 Å². The minimum Gasteiger partial charge on any atom is -0.481 e. The molecule has 5 nitrogen and oxygen atoms in total. The van der Waals surface area contributed by atoms with Gasteiger partial charge in [-0.2, -0.15) is 0 Å². The Morgan fingerprint density at radius 3 is 2.18 bits per heavy atom. The first-order chi connectivity index (χ1) is 7.72. The zero-order valence-corrected chi connectivity index (χ0v) is 11.6. The van der Waals surface area contributed by atoms with E-state index in [1.165, 1.54) is 0 Å². The number of carboxylic acids is 1. The number of aliphatic carboxylic acids is 1. The molecule has 0 radical (unpaired) electrons. The molecule has 0 amide bonds. The van der Waals surface area contributed by atoms with Crippen molar-refractivity contribution in [2.45, 2.75) is 45.3 Å². The van der Waals surface area contributed by atoms with Crippen LogP contribution in [0.5, 0.6) is 0 Å². The van der Waals surface area contributed by atoms with Gasteiger partial charge in [0.1, 0.15) is 0 Å². The summed E-state index contributed by atoms with van der Waals surface area (Å²) in [6.45, 7) is 5.04. The summed E-state index contributed by atoms with van der Waals surface area (Å²) in [5, 5.41) is 8.74. The second-order valence-corrected chi connectivity index (χ2v) is 7.38. The smallest absolute Gasteiger partial charge is 0.310 e. The zero-order valence-electron chi connectivity index (χ0n) is 10.8. The topological polar surface area (TPSA) is 97.5 Å². The predicted molar refractivity (Wildman–Crippen MR) is 67.6 cm³/mol. The van der Waals surface area contributed by atoms with Gasteiger partial charge in [0.25, 0.3) is 0 Å². The Balaban J connectivity index is 4.85. The van der Waals surface area contributed by atoms with Crippen LogP contribution in [0.3, 0.4) is 0 Å². The Morgan fingerprint density at radius 2 is 1.88 bits per heavy atom. The van der Waals surface area contributed by atoms with Crippen molar-refractivity contribution in [1.82, 2.24) is 0 Å². The van der Waals surface area contributed by atoms with Crippen molar-refractivity contribution in [3.05, 3.63) is 0 Å². The van der Waals surface area contributed by atoms with E-state index in [0.29, 0.717) is 12.8 Å². The number of hydrogen-bond donors (Lipinski definition) is 2. The van der Waals surface area contributed by atoms with Crippen molar-refractivity contribution >= 4 is 15.8 Å². The largest absolute Gasteiger partial charge is 0.481 e. The minimum absolute atomic E-state index is 0.0240. The third kappa shape index (κ3) is 4.27. The summed E-state index contributed by atoms with van der Waals surface area (Å²) in [6, 6.07) is 0. The summed E-state index contributed by atoms with van der Waals surface area (Å²) >= 11 is 0. The normalized spacial score (nSPS) is 15.8. The fourth-order valence-electron chi connectivity index (χ4n) is 1.68. The van der Waals surface area contributed by atoms with Crippen LogP contribution < -0.4 is 5.73 Å². The van der Waals surface area contributed by atoms with Gasteiger partial charge in [-0.15, -0.1) is 0 Å². The molecule has 3 N–H and O–H groups in total. The van der Waals surface area contributed by atoms with Crippen molar-refractivity contribution in [3.8, 4) is 0 Å². The summed E-state index contributed by atoms with van der Waals surface area (Å²) in [4.78, 5) is 11.3. The Hall–Kier alpha value is -0.620. The van der Waals surface area contributed by atoms with Crippen LogP contribution in [0, 0.1) is 5.41 Å². The van der Waals surface area contributed by atoms with Crippen molar-refractivity contribution < 1.29 is 18.3 Å². The first kappa shape index (κ1) is 16.4. The van der Waals surface area contributed by atoms with Gasteiger partial charge in [0, 0.05) is 6.54 Å². The molecule has 0 aromatic rings. The van der Waals surface area contributed by atoms with Crippen molar-refractivity contribution in [3.63, 3.8) is 0 Å². The van der Waals surface area contributed by atoms with Gasteiger partial charge in [-0.1, -0.05) is 13.3 Å². The quantitative estimate of drug-likeness (QED) is 0.683. The average molecular weight is 265 g/mol. The molecule has 1 unspecified atom stereocenters. The van der Waals surface area contributed by atoms with E-state index in [1.54, 1.807) is 13.8 Å². The molecule has 0 aliphatic carbocycles. The lowest BCUT2D eigenvalue weighted by Gasteiger charge is -2.27. The highest BCUT2D eigenvalue weighted by Crippen LogP contribution is 2.28. The first-order valence-electron chi connectivity index (χ1n) is 5.87. The molecule has 0 aliphatic heterocycles. The molecule has 1 atom stereocenters. The van der Waals surface area contributed by atoms with Crippen LogP contribution in [-0.2, 0) is 14.6 Å². The lowest BCUT2D eigenvalue weighted by Crippen LogP contribution is -2.40. The van der Waals surface area contributed by atoms with Crippen molar-refractivity contribution in [2.24, 2.45) is 11.1 Å². The Labute approximate surface area is 103 Å². The van der Waals surface area contributed by atoms with Crippen molar-refractivity contribution in [1.29, 1.82) is 0 Å². The number of sulfone groups is 1. The summed E-state index contributed by atoms with van der Waals surface area (Å²) in [5.74, 6) is -1.12. The molecule has 0 aromatic heterocycles. The average Bonchev–Trinajstić information content (AvgIpc) is 2.23. The maximum atomic E-state index is 11.7. The maximum Gasteiger partial charge on any atom is 0.310 e. The lowest BCUT2D eigenvalue weighted by molar-refractivity contribution is -0.149. The van der Waals surface area contributed by atoms with Crippen LogP contribution in [0.15, 0.2) is 0 Å². The van der Waals surface area contributed by atoms with Crippen LogP contribution in [0.2, 0.25) is 0 Å². The number of carboxylic acid groups (broad SMARTS) is 1. The predicted octanol–water partition coefficient (Wildman–Crippen LogP) is 1.03. The third-order valence-electron chi connectivity index (χ3n) is 3.16. The molecular weight excluding hydrogens is 242 g/mol. The van der Waals surface area contributed by atoms with E-state index in [2.05, 4.69) is 0 Å². The van der Waals surface area contributed by atoms with Gasteiger partial charge in [-0.25, -0.2) is 8.42 Å². The van der Waals surface area contributed by atoms with Gasteiger partial charge in [-0.05, 0) is 26.7 Å². The molecule has 17 heavy (non-hydrogen) atoms. The molecular formula is C11H23NO4S. The first-order valence-corrected chi connectivity index (χ1v) is 7.58. The number of carbonyl (C=O) groups is 1. The Kier molecular flexibility index (Phi) is 6.12. The van der Waals surface area contributed by atoms with E-state index < -0.39 is 26.5 Å². The molecule has 0 aromatic carbocycles. The summed E-state index contributed by atoms with van der Waals surface area (Å²) in [6.07, 6.45) is 1.17. The maximum absolute atomic E-state index is 11.7. The SMILES string of the molecule is CCCC(CN)(CCS(=O)(=O)C(C)C)C(=O)O. The molecule has 0 rings (SSSR count). The Bertz CT molecular complexity index is 350. The molecule has 0 saturated carbocycles. The van der Waals surface area contributed by atoms with Gasteiger partial charge in [-0.3, -0.25) is 4.79 Å². The Morgan fingerprint density at radius 1 is 1.35 bits per heavy atom. The summed E-state index contributed by atoms with van der Waals surface area (Å²) in [5.41, 5.74) is 4.42.